The molecule has 0 unspecified atom stereocenters. The molecule has 22 heavy (non-hydrogen) atoms. The molecule has 1 aromatic rings. The summed E-state index contributed by atoms with van der Waals surface area (Å²) in [4.78, 5) is 22.5. The highest BCUT2D eigenvalue weighted by molar-refractivity contribution is 5.81. The van der Waals surface area contributed by atoms with E-state index in [0.29, 0.717) is 32.6 Å². The minimum Gasteiger partial charge on any atom is -0.481 e. The van der Waals surface area contributed by atoms with Gasteiger partial charge < -0.3 is 15.2 Å². The molecule has 0 radical (unpaired) electrons. The second kappa shape index (κ2) is 9.20. The minimum atomic E-state index is -0.805. The molecule has 0 aliphatic heterocycles. The molecule has 0 saturated heterocycles. The lowest BCUT2D eigenvalue weighted by Crippen LogP contribution is -2.40. The zero-order valence-electron chi connectivity index (χ0n) is 13.3. The molecule has 0 saturated carbocycles. The van der Waals surface area contributed by atoms with E-state index in [1.54, 1.807) is 0 Å². The fraction of sp³-hybridized carbons (Fsp3) is 0.529. The first-order chi connectivity index (χ1) is 10.4. The summed E-state index contributed by atoms with van der Waals surface area (Å²) in [6.45, 7) is 4.99. The third-order valence-corrected chi connectivity index (χ3v) is 3.29. The van der Waals surface area contributed by atoms with Crippen molar-refractivity contribution < 1.29 is 19.4 Å². The van der Waals surface area contributed by atoms with Crippen LogP contribution >= 0.6 is 0 Å². The van der Waals surface area contributed by atoms with Crippen molar-refractivity contribution in [3.63, 3.8) is 0 Å². The highest BCUT2D eigenvalue weighted by atomic mass is 16.5. The summed E-state index contributed by atoms with van der Waals surface area (Å²) in [5.41, 5.74) is 0.467. The van der Waals surface area contributed by atoms with Gasteiger partial charge in [-0.25, -0.2) is 0 Å². The van der Waals surface area contributed by atoms with Gasteiger partial charge in [-0.05, 0) is 32.3 Å². The van der Waals surface area contributed by atoms with Crippen LogP contribution in [-0.2, 0) is 20.9 Å². The van der Waals surface area contributed by atoms with Crippen molar-refractivity contribution in [1.82, 2.24) is 5.32 Å². The lowest BCUT2D eigenvalue weighted by molar-refractivity contribution is -0.137. The van der Waals surface area contributed by atoms with Crippen LogP contribution in [0.3, 0.4) is 0 Å². The smallest absolute Gasteiger partial charge is 0.303 e. The number of carbonyl (C=O) groups is 2. The molecule has 2 N–H and O–H groups in total. The molecular formula is C17H25NO4. The van der Waals surface area contributed by atoms with Crippen LogP contribution < -0.4 is 5.32 Å². The monoisotopic (exact) mass is 307 g/mol. The number of nitrogens with one attached hydrogen (secondary N) is 1. The Morgan fingerprint density at radius 2 is 1.86 bits per heavy atom. The summed E-state index contributed by atoms with van der Waals surface area (Å²) in [7, 11) is 0. The maximum atomic E-state index is 12.1. The van der Waals surface area contributed by atoms with Gasteiger partial charge in [-0.15, -0.1) is 0 Å². The largest absolute Gasteiger partial charge is 0.481 e. The Hall–Kier alpha value is -1.88. The van der Waals surface area contributed by atoms with Gasteiger partial charge in [0.1, 0.15) is 0 Å². The number of amides is 1. The van der Waals surface area contributed by atoms with E-state index in [1.165, 1.54) is 0 Å². The van der Waals surface area contributed by atoms with Crippen molar-refractivity contribution in [2.24, 2.45) is 5.41 Å². The molecule has 0 heterocycles. The van der Waals surface area contributed by atoms with E-state index in [2.05, 4.69) is 5.32 Å². The quantitative estimate of drug-likeness (QED) is 0.652. The highest BCUT2D eigenvalue weighted by Gasteiger charge is 2.27. The van der Waals surface area contributed by atoms with Crippen LogP contribution in [0.15, 0.2) is 30.3 Å². The molecule has 0 atom stereocenters. The Morgan fingerprint density at radius 1 is 1.18 bits per heavy atom. The SMILES string of the molecule is CC(C)(COCc1ccccc1)C(=O)NCCCCC(=O)O. The summed E-state index contributed by atoms with van der Waals surface area (Å²) >= 11 is 0. The fourth-order valence-electron chi connectivity index (χ4n) is 1.91. The van der Waals surface area contributed by atoms with Crippen LogP contribution in [-0.4, -0.2) is 30.1 Å². The van der Waals surface area contributed by atoms with Crippen molar-refractivity contribution in [1.29, 1.82) is 0 Å². The number of ether oxygens (including phenoxy) is 1. The first-order valence-electron chi connectivity index (χ1n) is 7.53. The molecule has 0 aliphatic rings. The van der Waals surface area contributed by atoms with Gasteiger partial charge in [-0.2, -0.15) is 0 Å². The number of unbranched alkanes of at least 4 members (excludes halogenated alkanes) is 1. The van der Waals surface area contributed by atoms with Crippen LogP contribution in [0.1, 0.15) is 38.7 Å². The van der Waals surface area contributed by atoms with Crippen molar-refractivity contribution in [3.8, 4) is 0 Å². The maximum absolute atomic E-state index is 12.1. The van der Waals surface area contributed by atoms with E-state index in [9.17, 15) is 9.59 Å². The fourth-order valence-corrected chi connectivity index (χ4v) is 1.91. The first-order valence-corrected chi connectivity index (χ1v) is 7.53. The van der Waals surface area contributed by atoms with Crippen molar-refractivity contribution >= 4 is 11.9 Å². The van der Waals surface area contributed by atoms with Gasteiger partial charge in [0.2, 0.25) is 5.91 Å². The van der Waals surface area contributed by atoms with Gasteiger partial charge in [0.05, 0.1) is 18.6 Å². The average molecular weight is 307 g/mol. The van der Waals surface area contributed by atoms with Gasteiger partial charge >= 0.3 is 5.97 Å². The van der Waals surface area contributed by atoms with Gasteiger partial charge in [-0.3, -0.25) is 9.59 Å². The van der Waals surface area contributed by atoms with Gasteiger partial charge in [-0.1, -0.05) is 30.3 Å². The molecule has 1 rings (SSSR count). The Kier molecular flexibility index (Phi) is 7.60. The van der Waals surface area contributed by atoms with Crippen LogP contribution in [0.4, 0.5) is 0 Å². The summed E-state index contributed by atoms with van der Waals surface area (Å²) in [6, 6.07) is 9.82. The second-order valence-electron chi connectivity index (χ2n) is 5.97. The van der Waals surface area contributed by atoms with Gasteiger partial charge in [0, 0.05) is 13.0 Å². The van der Waals surface area contributed by atoms with Crippen molar-refractivity contribution in [3.05, 3.63) is 35.9 Å². The van der Waals surface area contributed by atoms with E-state index < -0.39 is 11.4 Å². The summed E-state index contributed by atoms with van der Waals surface area (Å²) < 4.78 is 5.63. The van der Waals surface area contributed by atoms with Crippen molar-refractivity contribution in [2.75, 3.05) is 13.2 Å². The molecular weight excluding hydrogens is 282 g/mol. The number of benzene rings is 1. The number of carboxylic acids is 1. The molecule has 0 aliphatic carbocycles. The van der Waals surface area contributed by atoms with Crippen LogP contribution in [0.5, 0.6) is 0 Å². The zero-order chi connectivity index (χ0) is 16.4. The molecule has 5 heteroatoms. The lowest BCUT2D eigenvalue weighted by Gasteiger charge is -2.23. The van der Waals surface area contributed by atoms with Crippen LogP contribution in [0.25, 0.3) is 0 Å². The van der Waals surface area contributed by atoms with E-state index in [-0.39, 0.29) is 12.3 Å². The Balaban J connectivity index is 2.23. The zero-order valence-corrected chi connectivity index (χ0v) is 13.3. The second-order valence-corrected chi connectivity index (χ2v) is 5.97. The summed E-state index contributed by atoms with van der Waals surface area (Å²) in [6.07, 6.45) is 1.37. The van der Waals surface area contributed by atoms with E-state index in [4.69, 9.17) is 9.84 Å². The number of aliphatic carboxylic acids is 1. The highest BCUT2D eigenvalue weighted by Crippen LogP contribution is 2.16. The molecule has 122 valence electrons. The lowest BCUT2D eigenvalue weighted by atomic mass is 9.93. The third-order valence-electron chi connectivity index (χ3n) is 3.29. The third kappa shape index (κ3) is 7.22. The molecule has 0 aromatic heterocycles. The van der Waals surface area contributed by atoms with Gasteiger partial charge in [0.15, 0.2) is 0 Å². The van der Waals surface area contributed by atoms with E-state index in [1.807, 2.05) is 44.2 Å². The predicted octanol–water partition coefficient (Wildman–Crippen LogP) is 2.60. The molecule has 0 bridgehead atoms. The molecule has 1 aromatic carbocycles. The normalized spacial score (nSPS) is 11.2. The molecule has 0 fully saturated rings. The molecule has 1 amide bonds. The van der Waals surface area contributed by atoms with E-state index in [0.717, 1.165) is 5.56 Å². The van der Waals surface area contributed by atoms with Crippen LogP contribution in [0, 0.1) is 5.41 Å². The Labute approximate surface area is 131 Å². The average Bonchev–Trinajstić information content (AvgIpc) is 2.47. The summed E-state index contributed by atoms with van der Waals surface area (Å²) in [5.74, 6) is -0.878. The topological polar surface area (TPSA) is 75.6 Å². The maximum Gasteiger partial charge on any atom is 0.303 e. The standard InChI is InChI=1S/C17H25NO4/c1-17(2,13-22-12-14-8-4-3-5-9-14)16(21)18-11-7-6-10-15(19)20/h3-5,8-9H,6-7,10-13H2,1-2H3,(H,18,21)(H,19,20). The first kappa shape index (κ1) is 18.2. The predicted molar refractivity (Wildman–Crippen MR) is 84.4 cm³/mol. The number of carbonyl (C=O) groups excluding carboxylic acids is 1. The van der Waals surface area contributed by atoms with E-state index >= 15 is 0 Å². The minimum absolute atomic E-state index is 0.0733. The Bertz CT molecular complexity index is 471. The summed E-state index contributed by atoms with van der Waals surface area (Å²) in [5, 5.41) is 11.4. The molecule has 0 spiro atoms. The number of carboxylic acid groups (broad SMARTS) is 1. The van der Waals surface area contributed by atoms with Crippen LogP contribution in [0.2, 0.25) is 0 Å². The number of rotatable bonds is 10. The van der Waals surface area contributed by atoms with Gasteiger partial charge in [0.25, 0.3) is 0 Å². The number of hydrogen-bond donors (Lipinski definition) is 2. The molecule has 5 nitrogen and oxygen atoms in total. The van der Waals surface area contributed by atoms with Crippen molar-refractivity contribution in [2.45, 2.75) is 39.7 Å². The number of hydrogen-bond acceptors (Lipinski definition) is 3. The Morgan fingerprint density at radius 3 is 2.50 bits per heavy atom.